The van der Waals surface area contributed by atoms with Crippen LogP contribution in [0.3, 0.4) is 0 Å². The Morgan fingerprint density at radius 2 is 1.96 bits per heavy atom. The Bertz CT molecular complexity index is 588. The van der Waals surface area contributed by atoms with Crippen molar-refractivity contribution in [2.45, 2.75) is 62.4 Å². The van der Waals surface area contributed by atoms with Crippen LogP contribution in [0.5, 0.6) is 0 Å². The molecule has 2 aliphatic heterocycles. The van der Waals surface area contributed by atoms with E-state index in [4.69, 9.17) is 18.9 Å². The van der Waals surface area contributed by atoms with Crippen molar-refractivity contribution in [3.8, 4) is 0 Å². The van der Waals surface area contributed by atoms with Crippen LogP contribution in [0.4, 0.5) is 0 Å². The van der Waals surface area contributed by atoms with Gasteiger partial charge in [0.05, 0.1) is 37.1 Å². The third kappa shape index (κ3) is 3.58. The number of aliphatic hydroxyl groups excluding tert-OH is 4. The zero-order valence-corrected chi connectivity index (χ0v) is 15.1. The highest BCUT2D eigenvalue weighted by Crippen LogP contribution is 2.49. The molecule has 0 aromatic rings. The van der Waals surface area contributed by atoms with Crippen LogP contribution in [0.15, 0.2) is 11.8 Å². The first-order valence-electron chi connectivity index (χ1n) is 8.83. The minimum atomic E-state index is -1.60. The number of fused-ring (bicyclic) bond motifs is 1. The topological polar surface area (TPSA) is 155 Å². The molecular formula is C17H26O10. The standard InChI is InChI=1S/C17H26O10/c1-17(23)4-3-7-8(14(22)24-2)6-25-15(10(7)17)27-16-13(21)12(20)11(19)9(5-18)26-16/h6-7,9-13,15-16,18-21,23H,3-5H2,1-2H3. The summed E-state index contributed by atoms with van der Waals surface area (Å²) in [5, 5.41) is 49.9. The van der Waals surface area contributed by atoms with Crippen LogP contribution < -0.4 is 0 Å². The zero-order chi connectivity index (χ0) is 19.9. The lowest BCUT2D eigenvalue weighted by molar-refractivity contribution is -0.346. The lowest BCUT2D eigenvalue weighted by atomic mass is 9.81. The molecule has 154 valence electrons. The first-order chi connectivity index (χ1) is 12.7. The van der Waals surface area contributed by atoms with Gasteiger partial charge < -0.3 is 44.5 Å². The number of esters is 1. The zero-order valence-electron chi connectivity index (χ0n) is 15.1. The van der Waals surface area contributed by atoms with Crippen molar-refractivity contribution >= 4 is 5.97 Å². The highest BCUT2D eigenvalue weighted by atomic mass is 16.8. The van der Waals surface area contributed by atoms with Gasteiger partial charge in [-0.05, 0) is 19.8 Å². The lowest BCUT2D eigenvalue weighted by Crippen LogP contribution is -2.60. The normalized spacial score (nSPS) is 47.0. The Kier molecular flexibility index (Phi) is 5.78. The molecule has 27 heavy (non-hydrogen) atoms. The van der Waals surface area contributed by atoms with Gasteiger partial charge in [0.2, 0.25) is 6.29 Å². The minimum Gasteiger partial charge on any atom is -0.471 e. The largest absolute Gasteiger partial charge is 0.471 e. The summed E-state index contributed by atoms with van der Waals surface area (Å²) in [5.41, 5.74) is -0.925. The van der Waals surface area contributed by atoms with Gasteiger partial charge in [0, 0.05) is 5.92 Å². The second-order valence-corrected chi connectivity index (χ2v) is 7.43. The quantitative estimate of drug-likeness (QED) is 0.340. The molecule has 3 rings (SSSR count). The number of hydrogen-bond donors (Lipinski definition) is 5. The minimum absolute atomic E-state index is 0.286. The maximum Gasteiger partial charge on any atom is 0.337 e. The molecule has 2 fully saturated rings. The van der Waals surface area contributed by atoms with E-state index in [1.807, 2.05) is 0 Å². The first kappa shape index (κ1) is 20.5. The van der Waals surface area contributed by atoms with Crippen LogP contribution in [0.2, 0.25) is 0 Å². The molecule has 1 aliphatic carbocycles. The van der Waals surface area contributed by atoms with E-state index in [2.05, 4.69) is 0 Å². The lowest BCUT2D eigenvalue weighted by Gasteiger charge is -2.44. The fraction of sp³-hybridized carbons (Fsp3) is 0.824. The molecule has 0 aromatic carbocycles. The second kappa shape index (κ2) is 7.63. The summed E-state index contributed by atoms with van der Waals surface area (Å²) in [4.78, 5) is 12.0. The van der Waals surface area contributed by atoms with Crippen LogP contribution >= 0.6 is 0 Å². The fourth-order valence-electron chi connectivity index (χ4n) is 4.12. The van der Waals surface area contributed by atoms with E-state index in [1.165, 1.54) is 13.4 Å². The van der Waals surface area contributed by atoms with E-state index in [0.29, 0.717) is 12.8 Å². The van der Waals surface area contributed by atoms with E-state index in [-0.39, 0.29) is 11.5 Å². The highest BCUT2D eigenvalue weighted by Gasteiger charge is 2.56. The van der Waals surface area contributed by atoms with Crippen LogP contribution in [0.1, 0.15) is 19.8 Å². The number of methoxy groups -OCH3 is 1. The van der Waals surface area contributed by atoms with E-state index in [0.717, 1.165) is 0 Å². The van der Waals surface area contributed by atoms with Crippen molar-refractivity contribution in [3.63, 3.8) is 0 Å². The monoisotopic (exact) mass is 390 g/mol. The third-order valence-corrected chi connectivity index (χ3v) is 5.67. The second-order valence-electron chi connectivity index (χ2n) is 7.43. The Hall–Kier alpha value is -1.27. The van der Waals surface area contributed by atoms with Crippen molar-refractivity contribution < 1.29 is 49.3 Å². The first-order valence-corrected chi connectivity index (χ1v) is 8.83. The molecule has 3 aliphatic rings. The average molecular weight is 390 g/mol. The molecule has 10 heteroatoms. The molecular weight excluding hydrogens is 364 g/mol. The number of rotatable bonds is 4. The average Bonchev–Trinajstić information content (AvgIpc) is 2.97. The molecule has 0 amide bonds. The maximum atomic E-state index is 12.0. The summed E-state index contributed by atoms with van der Waals surface area (Å²) in [6, 6.07) is 0. The summed E-state index contributed by atoms with van der Waals surface area (Å²) >= 11 is 0. The highest BCUT2D eigenvalue weighted by molar-refractivity contribution is 5.89. The third-order valence-electron chi connectivity index (χ3n) is 5.67. The van der Waals surface area contributed by atoms with Crippen LogP contribution in [0, 0.1) is 11.8 Å². The van der Waals surface area contributed by atoms with Gasteiger partial charge in [-0.15, -0.1) is 0 Å². The molecule has 10 nitrogen and oxygen atoms in total. The molecule has 1 saturated carbocycles. The smallest absolute Gasteiger partial charge is 0.337 e. The Labute approximate surface area is 155 Å². The van der Waals surface area contributed by atoms with Gasteiger partial charge in [0.25, 0.3) is 0 Å². The summed E-state index contributed by atoms with van der Waals surface area (Å²) in [7, 11) is 1.25. The summed E-state index contributed by atoms with van der Waals surface area (Å²) in [5.74, 6) is -1.59. The van der Waals surface area contributed by atoms with Crippen molar-refractivity contribution in [1.29, 1.82) is 0 Å². The van der Waals surface area contributed by atoms with Gasteiger partial charge in [-0.2, -0.15) is 0 Å². The van der Waals surface area contributed by atoms with E-state index < -0.39 is 61.1 Å². The predicted octanol–water partition coefficient (Wildman–Crippen LogP) is -2.01. The van der Waals surface area contributed by atoms with Crippen molar-refractivity contribution in [2.24, 2.45) is 11.8 Å². The summed E-state index contributed by atoms with van der Waals surface area (Å²) in [6.07, 6.45) is -6.19. The van der Waals surface area contributed by atoms with Gasteiger partial charge in [-0.25, -0.2) is 4.79 Å². The number of ether oxygens (including phenoxy) is 4. The molecule has 0 aromatic heterocycles. The van der Waals surface area contributed by atoms with Crippen molar-refractivity contribution in [2.75, 3.05) is 13.7 Å². The predicted molar refractivity (Wildman–Crippen MR) is 86.7 cm³/mol. The molecule has 2 heterocycles. The summed E-state index contributed by atoms with van der Waals surface area (Å²) in [6.45, 7) is 1.01. The molecule has 0 spiro atoms. The molecule has 0 radical (unpaired) electrons. The number of carbonyl (C=O) groups is 1. The van der Waals surface area contributed by atoms with Gasteiger partial charge in [-0.3, -0.25) is 0 Å². The SMILES string of the molecule is COC(=O)C1=COC(OC2OC(CO)C(O)C(O)C2O)C2C1CCC2(C)O. The van der Waals surface area contributed by atoms with Crippen molar-refractivity contribution in [3.05, 3.63) is 11.8 Å². The maximum absolute atomic E-state index is 12.0. The molecule has 5 N–H and O–H groups in total. The molecule has 9 unspecified atom stereocenters. The van der Waals surface area contributed by atoms with Crippen LogP contribution in [-0.2, 0) is 23.7 Å². The fourth-order valence-corrected chi connectivity index (χ4v) is 4.12. The van der Waals surface area contributed by atoms with Crippen LogP contribution in [0.25, 0.3) is 0 Å². The van der Waals surface area contributed by atoms with E-state index in [1.54, 1.807) is 6.92 Å². The van der Waals surface area contributed by atoms with Crippen molar-refractivity contribution in [1.82, 2.24) is 0 Å². The molecule has 9 atom stereocenters. The molecule has 0 bridgehead atoms. The Morgan fingerprint density at radius 3 is 2.59 bits per heavy atom. The van der Waals surface area contributed by atoms with Gasteiger partial charge in [0.1, 0.15) is 24.4 Å². The van der Waals surface area contributed by atoms with E-state index >= 15 is 0 Å². The summed E-state index contributed by atoms with van der Waals surface area (Å²) < 4.78 is 21.3. The van der Waals surface area contributed by atoms with E-state index in [9.17, 15) is 30.3 Å². The van der Waals surface area contributed by atoms with Gasteiger partial charge in [-0.1, -0.05) is 0 Å². The van der Waals surface area contributed by atoms with Crippen LogP contribution in [-0.4, -0.2) is 87.8 Å². The number of aliphatic hydroxyl groups is 5. The van der Waals surface area contributed by atoms with Gasteiger partial charge in [0.15, 0.2) is 6.29 Å². The molecule has 1 saturated heterocycles. The van der Waals surface area contributed by atoms with Gasteiger partial charge >= 0.3 is 5.97 Å². The number of hydrogen-bond acceptors (Lipinski definition) is 10. The Morgan fingerprint density at radius 1 is 1.26 bits per heavy atom. The Balaban J connectivity index is 1.82. The number of carbonyl (C=O) groups excluding carboxylic acids is 1.